The van der Waals surface area contributed by atoms with Crippen molar-refractivity contribution >= 4 is 11.9 Å². The van der Waals surface area contributed by atoms with Crippen molar-refractivity contribution in [3.63, 3.8) is 0 Å². The van der Waals surface area contributed by atoms with Gasteiger partial charge in [-0.3, -0.25) is 9.59 Å². The first-order valence-corrected chi connectivity index (χ1v) is 20.2. The fourth-order valence-corrected chi connectivity index (χ4v) is 7.34. The topological polar surface area (TPSA) is 91.9 Å². The third-order valence-electron chi connectivity index (χ3n) is 10.4. The van der Waals surface area contributed by atoms with Gasteiger partial charge in [-0.25, -0.2) is 0 Å². The Kier molecular flexibility index (Phi) is 13.6. The molecule has 0 aliphatic heterocycles. The third-order valence-corrected chi connectivity index (χ3v) is 10.4. The lowest BCUT2D eigenvalue weighted by Crippen LogP contribution is -2.07. The fraction of sp³-hybridized carbons (Fsp3) is 0.132. The van der Waals surface area contributed by atoms with E-state index in [2.05, 4.69) is 125 Å². The molecule has 306 valence electrons. The Bertz CT molecular complexity index is 2650. The smallest absolute Gasteiger partial charge is 0.308 e. The summed E-state index contributed by atoms with van der Waals surface area (Å²) in [6.45, 7) is 4.73. The lowest BCUT2D eigenvalue weighted by Gasteiger charge is -2.14. The van der Waals surface area contributed by atoms with Gasteiger partial charge in [0.05, 0.1) is 44.6 Å². The molecule has 8 rings (SSSR count). The first-order valence-electron chi connectivity index (χ1n) is 20.2. The van der Waals surface area contributed by atoms with Crippen LogP contribution in [-0.2, 0) is 14.3 Å². The van der Waals surface area contributed by atoms with Crippen LogP contribution in [0.25, 0.3) is 56.1 Å². The van der Waals surface area contributed by atoms with E-state index in [0.717, 1.165) is 45.3 Å². The maximum absolute atomic E-state index is 11.3. The monoisotopic (exact) mass is 808 g/mol. The van der Waals surface area contributed by atoms with Crippen LogP contribution in [0.4, 0.5) is 0 Å². The number of methoxy groups -OCH3 is 1. The molecule has 0 fully saturated rings. The summed E-state index contributed by atoms with van der Waals surface area (Å²) in [5.74, 6) is 0.243. The van der Waals surface area contributed by atoms with Crippen LogP contribution in [0.2, 0.25) is 0 Å². The molecule has 6 aromatic carbocycles. The summed E-state index contributed by atoms with van der Waals surface area (Å²) in [5.41, 5.74) is 13.7. The lowest BCUT2D eigenvalue weighted by molar-refractivity contribution is -0.141. The van der Waals surface area contributed by atoms with E-state index in [4.69, 9.17) is 14.6 Å². The number of hydrogen-bond donors (Lipinski definition) is 1. The van der Waals surface area contributed by atoms with Gasteiger partial charge in [-0.05, 0) is 96.8 Å². The van der Waals surface area contributed by atoms with E-state index in [-0.39, 0.29) is 25.4 Å². The number of aromatic nitrogens is 2. The zero-order valence-corrected chi connectivity index (χ0v) is 34.5. The van der Waals surface area contributed by atoms with Crippen molar-refractivity contribution in [2.75, 3.05) is 20.3 Å². The van der Waals surface area contributed by atoms with Gasteiger partial charge in [-0.1, -0.05) is 121 Å². The minimum absolute atomic E-state index is 0.0168. The summed E-state index contributed by atoms with van der Waals surface area (Å²) in [6.07, 6.45) is 0.213. The minimum Gasteiger partial charge on any atom is -0.493 e. The largest absolute Gasteiger partial charge is 0.493 e. The second kappa shape index (κ2) is 19.9. The Hall–Kier alpha value is -7.58. The Morgan fingerprint density at radius 1 is 0.475 bits per heavy atom. The zero-order chi connectivity index (χ0) is 42.6. The molecule has 61 heavy (non-hydrogen) atoms. The SMILES string of the molecule is COC(=O)CCOc1ccc(-n2c(-c3ccccc3)cc(-c3ccccc3)c2C)cc1.Cc1c(-c2ccccc2)cc(-c2ccccc2)n1-c1ccc(OCCC(=O)O)cc1. The number of carbonyl (C=O) groups excluding carboxylic acids is 1. The highest BCUT2D eigenvalue weighted by atomic mass is 16.5. The molecular formula is C53H48N2O6. The van der Waals surface area contributed by atoms with Crippen molar-refractivity contribution in [3.8, 4) is 67.6 Å². The molecular weight excluding hydrogens is 761 g/mol. The molecule has 0 bridgehead atoms. The quantitative estimate of drug-likeness (QED) is 0.110. The van der Waals surface area contributed by atoms with E-state index >= 15 is 0 Å². The molecule has 0 aliphatic rings. The van der Waals surface area contributed by atoms with Crippen LogP contribution >= 0.6 is 0 Å². The summed E-state index contributed by atoms with van der Waals surface area (Å²) >= 11 is 0. The van der Waals surface area contributed by atoms with E-state index < -0.39 is 5.97 Å². The zero-order valence-electron chi connectivity index (χ0n) is 34.5. The number of nitrogens with zero attached hydrogens (tertiary/aromatic N) is 2. The maximum atomic E-state index is 11.3. The average molecular weight is 809 g/mol. The van der Waals surface area contributed by atoms with Gasteiger partial charge >= 0.3 is 11.9 Å². The van der Waals surface area contributed by atoms with Gasteiger partial charge in [0.1, 0.15) is 11.5 Å². The van der Waals surface area contributed by atoms with Gasteiger partial charge < -0.3 is 28.5 Å². The highest BCUT2D eigenvalue weighted by molar-refractivity contribution is 5.78. The maximum Gasteiger partial charge on any atom is 0.308 e. The van der Waals surface area contributed by atoms with Gasteiger partial charge in [-0.15, -0.1) is 0 Å². The van der Waals surface area contributed by atoms with Crippen LogP contribution in [0.1, 0.15) is 24.2 Å². The molecule has 1 N–H and O–H groups in total. The van der Waals surface area contributed by atoms with Crippen molar-refractivity contribution < 1.29 is 28.9 Å². The molecule has 0 atom stereocenters. The Morgan fingerprint density at radius 3 is 1.16 bits per heavy atom. The van der Waals surface area contributed by atoms with Gasteiger partial charge in [0.15, 0.2) is 0 Å². The fourth-order valence-electron chi connectivity index (χ4n) is 7.34. The Labute approximate surface area is 356 Å². The summed E-state index contributed by atoms with van der Waals surface area (Å²) in [7, 11) is 1.38. The third kappa shape index (κ3) is 10.2. The highest BCUT2D eigenvalue weighted by Gasteiger charge is 2.18. The average Bonchev–Trinajstić information content (AvgIpc) is 3.84. The van der Waals surface area contributed by atoms with E-state index in [1.807, 2.05) is 84.9 Å². The van der Waals surface area contributed by atoms with Crippen LogP contribution in [0.3, 0.4) is 0 Å². The van der Waals surface area contributed by atoms with Crippen LogP contribution in [0, 0.1) is 13.8 Å². The lowest BCUT2D eigenvalue weighted by atomic mass is 10.1. The van der Waals surface area contributed by atoms with Gasteiger partial charge in [0.2, 0.25) is 0 Å². The predicted molar refractivity (Wildman–Crippen MR) is 243 cm³/mol. The van der Waals surface area contributed by atoms with Crippen molar-refractivity contribution in [2.24, 2.45) is 0 Å². The van der Waals surface area contributed by atoms with Crippen LogP contribution in [0.5, 0.6) is 11.5 Å². The van der Waals surface area contributed by atoms with Gasteiger partial charge in [0.25, 0.3) is 0 Å². The van der Waals surface area contributed by atoms with Crippen molar-refractivity contribution in [1.82, 2.24) is 9.13 Å². The molecule has 0 radical (unpaired) electrons. The molecule has 0 amide bonds. The molecule has 0 saturated carbocycles. The number of carboxylic acids is 1. The van der Waals surface area contributed by atoms with E-state index in [1.165, 1.54) is 35.1 Å². The Morgan fingerprint density at radius 2 is 0.820 bits per heavy atom. The molecule has 2 aromatic heterocycles. The van der Waals surface area contributed by atoms with Gasteiger partial charge in [0, 0.05) is 33.9 Å². The second-order valence-electron chi connectivity index (χ2n) is 14.3. The first-order chi connectivity index (χ1) is 29.8. The molecule has 0 saturated heterocycles. The number of benzene rings is 6. The van der Waals surface area contributed by atoms with Crippen molar-refractivity contribution in [1.29, 1.82) is 0 Å². The summed E-state index contributed by atoms with van der Waals surface area (Å²) in [6, 6.07) is 61.8. The standard InChI is InChI=1S/C27H25NO3.C26H23NO3/c1-20-25(21-9-5-3-6-10-21)19-26(22-11-7-4-8-12-22)28(20)23-13-15-24(16-14-23)31-18-17-27(29)30-2;1-19-24(20-8-4-2-5-9-20)18-25(21-10-6-3-7-11-21)27(19)22-12-14-23(15-13-22)30-17-16-26(28)29/h3-16,19H,17-18H2,1-2H3;2-15,18H,16-17H2,1H3,(H,28,29). The van der Waals surface area contributed by atoms with E-state index in [0.29, 0.717) is 12.4 Å². The summed E-state index contributed by atoms with van der Waals surface area (Å²) < 4.78 is 20.4. The Balaban J connectivity index is 0.000000184. The van der Waals surface area contributed by atoms with Crippen LogP contribution in [-0.4, -0.2) is 46.5 Å². The minimum atomic E-state index is -0.865. The first kappa shape index (κ1) is 41.6. The van der Waals surface area contributed by atoms with Crippen LogP contribution in [0.15, 0.2) is 182 Å². The normalized spacial score (nSPS) is 10.7. The predicted octanol–water partition coefficient (Wildman–Crippen LogP) is 12.0. The van der Waals surface area contributed by atoms with Gasteiger partial charge in [-0.2, -0.15) is 0 Å². The molecule has 0 spiro atoms. The van der Waals surface area contributed by atoms with Crippen LogP contribution < -0.4 is 9.47 Å². The van der Waals surface area contributed by atoms with E-state index in [1.54, 1.807) is 0 Å². The number of carboxylic acid groups (broad SMARTS) is 1. The van der Waals surface area contributed by atoms with Crippen molar-refractivity contribution in [2.45, 2.75) is 26.7 Å². The number of hydrogen-bond acceptors (Lipinski definition) is 5. The number of rotatable bonds is 14. The second-order valence-corrected chi connectivity index (χ2v) is 14.3. The molecule has 0 unspecified atom stereocenters. The number of esters is 1. The summed E-state index contributed by atoms with van der Waals surface area (Å²) in [4.78, 5) is 21.9. The number of carbonyl (C=O) groups is 2. The molecule has 2 heterocycles. The highest BCUT2D eigenvalue weighted by Crippen LogP contribution is 2.37. The molecule has 8 nitrogen and oxygen atoms in total. The molecule has 8 heteroatoms. The molecule has 0 aliphatic carbocycles. The van der Waals surface area contributed by atoms with E-state index in [9.17, 15) is 9.59 Å². The molecule has 8 aromatic rings. The number of ether oxygens (including phenoxy) is 3. The number of aliphatic carboxylic acids is 1. The summed E-state index contributed by atoms with van der Waals surface area (Å²) in [5, 5.41) is 8.77. The van der Waals surface area contributed by atoms with Crippen molar-refractivity contribution in [3.05, 3.63) is 193 Å².